The molecule has 1 heterocycles. The van der Waals surface area contributed by atoms with Crippen molar-refractivity contribution in [3.63, 3.8) is 0 Å². The first-order valence-corrected chi connectivity index (χ1v) is 11.5. The average molecular weight is 496 g/mol. The van der Waals surface area contributed by atoms with E-state index in [0.717, 1.165) is 0 Å². The van der Waals surface area contributed by atoms with Crippen molar-refractivity contribution in [3.8, 4) is 0 Å². The van der Waals surface area contributed by atoms with Crippen molar-refractivity contribution in [3.05, 3.63) is 69.7 Å². The summed E-state index contributed by atoms with van der Waals surface area (Å²) in [5.74, 6) is -0.493. The van der Waals surface area contributed by atoms with Crippen molar-refractivity contribution in [1.82, 2.24) is 20.1 Å². The number of nitrogens with zero attached hydrogens (tertiary/aromatic N) is 3. The second kappa shape index (κ2) is 11.3. The Morgan fingerprint density at radius 2 is 1.91 bits per heavy atom. The summed E-state index contributed by atoms with van der Waals surface area (Å²) >= 11 is 13.1. The first-order chi connectivity index (χ1) is 15.4. The minimum absolute atomic E-state index is 0.00584. The molecule has 2 aromatic carbocycles. The largest absolute Gasteiger partial charge is 0.351 e. The summed E-state index contributed by atoms with van der Waals surface area (Å²) < 4.78 is 15.6. The Balaban J connectivity index is 1.52. The normalized spacial score (nSPS) is 10.8. The van der Waals surface area contributed by atoms with Crippen LogP contribution in [0.25, 0.3) is 0 Å². The number of carbonyl (C=O) groups is 2. The fourth-order valence-electron chi connectivity index (χ4n) is 2.86. The summed E-state index contributed by atoms with van der Waals surface area (Å²) in [4.78, 5) is 24.4. The second-order valence-electron chi connectivity index (χ2n) is 6.59. The minimum Gasteiger partial charge on any atom is -0.351 e. The van der Waals surface area contributed by atoms with E-state index in [1.54, 1.807) is 24.3 Å². The van der Waals surface area contributed by atoms with Gasteiger partial charge in [0.2, 0.25) is 5.91 Å². The van der Waals surface area contributed by atoms with Gasteiger partial charge in [0.1, 0.15) is 11.6 Å². The van der Waals surface area contributed by atoms with Gasteiger partial charge in [-0.25, -0.2) is 4.39 Å². The zero-order valence-corrected chi connectivity index (χ0v) is 19.4. The minimum atomic E-state index is -0.570. The highest BCUT2D eigenvalue weighted by Gasteiger charge is 2.15. The molecule has 3 rings (SSSR count). The molecule has 0 saturated heterocycles. The topological polar surface area (TPSA) is 88.9 Å². The van der Waals surface area contributed by atoms with Crippen molar-refractivity contribution in [2.24, 2.45) is 0 Å². The maximum atomic E-state index is 13.7. The molecule has 0 spiro atoms. The van der Waals surface area contributed by atoms with E-state index in [-0.39, 0.29) is 23.8 Å². The predicted octanol–water partition coefficient (Wildman–Crippen LogP) is 4.45. The summed E-state index contributed by atoms with van der Waals surface area (Å²) in [6, 6.07) is 10.7. The third kappa shape index (κ3) is 6.21. The van der Waals surface area contributed by atoms with Crippen LogP contribution in [-0.2, 0) is 17.8 Å². The van der Waals surface area contributed by atoms with Gasteiger partial charge in [0.05, 0.1) is 21.4 Å². The van der Waals surface area contributed by atoms with Crippen molar-refractivity contribution in [1.29, 1.82) is 0 Å². The van der Waals surface area contributed by atoms with Crippen LogP contribution in [0.1, 0.15) is 23.1 Å². The van der Waals surface area contributed by atoms with Gasteiger partial charge in [-0.3, -0.25) is 9.59 Å². The van der Waals surface area contributed by atoms with Gasteiger partial charge >= 0.3 is 0 Å². The molecule has 168 valence electrons. The monoisotopic (exact) mass is 495 g/mol. The van der Waals surface area contributed by atoms with E-state index >= 15 is 0 Å². The van der Waals surface area contributed by atoms with Crippen molar-refractivity contribution in [2.75, 3.05) is 17.6 Å². The summed E-state index contributed by atoms with van der Waals surface area (Å²) in [6.45, 7) is 2.80. The Morgan fingerprint density at radius 3 is 2.62 bits per heavy atom. The summed E-state index contributed by atoms with van der Waals surface area (Å²) in [5, 5.41) is 15.1. The SMILES string of the molecule is CCn1c(CCNC(=O)c2ccccc2F)nnc1SCC(=O)Nc1ccc(Cl)c(Cl)c1. The lowest BCUT2D eigenvalue weighted by molar-refractivity contribution is -0.113. The fraction of sp³-hybridized carbons (Fsp3) is 0.238. The van der Waals surface area contributed by atoms with Crippen LogP contribution in [-0.4, -0.2) is 38.9 Å². The maximum absolute atomic E-state index is 13.7. The van der Waals surface area contributed by atoms with Gasteiger partial charge in [-0.1, -0.05) is 47.1 Å². The summed E-state index contributed by atoms with van der Waals surface area (Å²) in [6.07, 6.45) is 0.414. The highest BCUT2D eigenvalue weighted by Crippen LogP contribution is 2.25. The lowest BCUT2D eigenvalue weighted by Gasteiger charge is -2.09. The standard InChI is InChI=1S/C21H20Cl2FN5O2S/c1-2-29-18(9-10-25-20(31)14-5-3-4-6-17(14)24)27-28-21(29)32-12-19(30)26-13-7-8-15(22)16(23)11-13/h3-8,11H,2,9-10,12H2,1H3,(H,25,31)(H,26,30). The van der Waals surface area contributed by atoms with E-state index in [9.17, 15) is 14.0 Å². The number of amides is 2. The zero-order valence-electron chi connectivity index (χ0n) is 17.1. The highest BCUT2D eigenvalue weighted by molar-refractivity contribution is 7.99. The Morgan fingerprint density at radius 1 is 1.12 bits per heavy atom. The molecule has 0 fully saturated rings. The number of benzene rings is 2. The third-order valence-corrected chi connectivity index (χ3v) is 6.10. The lowest BCUT2D eigenvalue weighted by atomic mass is 10.2. The predicted molar refractivity (Wildman–Crippen MR) is 124 cm³/mol. The Bertz CT molecular complexity index is 1130. The number of anilines is 1. The molecule has 0 unspecified atom stereocenters. The first kappa shape index (κ1) is 24.0. The Labute approximate surface area is 198 Å². The fourth-order valence-corrected chi connectivity index (χ4v) is 3.98. The molecule has 0 bridgehead atoms. The van der Waals surface area contributed by atoms with E-state index in [1.807, 2.05) is 11.5 Å². The van der Waals surface area contributed by atoms with Gasteiger partial charge in [-0.05, 0) is 37.3 Å². The van der Waals surface area contributed by atoms with Crippen molar-refractivity contribution in [2.45, 2.75) is 25.0 Å². The van der Waals surface area contributed by atoms with E-state index in [2.05, 4.69) is 20.8 Å². The van der Waals surface area contributed by atoms with Crippen LogP contribution in [0.15, 0.2) is 47.6 Å². The number of hydrogen-bond acceptors (Lipinski definition) is 5. The maximum Gasteiger partial charge on any atom is 0.254 e. The van der Waals surface area contributed by atoms with Gasteiger partial charge in [0.25, 0.3) is 5.91 Å². The molecule has 11 heteroatoms. The molecule has 3 aromatic rings. The summed E-state index contributed by atoms with van der Waals surface area (Å²) in [7, 11) is 0. The van der Waals surface area contributed by atoms with Gasteiger partial charge in [-0.15, -0.1) is 10.2 Å². The van der Waals surface area contributed by atoms with E-state index < -0.39 is 11.7 Å². The number of halogens is 3. The molecule has 7 nitrogen and oxygen atoms in total. The molecule has 0 saturated carbocycles. The van der Waals surface area contributed by atoms with Crippen LogP contribution >= 0.6 is 35.0 Å². The molecule has 32 heavy (non-hydrogen) atoms. The van der Waals surface area contributed by atoms with Gasteiger partial charge in [0.15, 0.2) is 5.16 Å². The van der Waals surface area contributed by atoms with Gasteiger partial charge in [0, 0.05) is 25.2 Å². The molecular weight excluding hydrogens is 476 g/mol. The number of hydrogen-bond donors (Lipinski definition) is 2. The van der Waals surface area contributed by atoms with Crippen LogP contribution < -0.4 is 10.6 Å². The third-order valence-electron chi connectivity index (χ3n) is 4.40. The molecule has 0 aliphatic carbocycles. The molecule has 2 N–H and O–H groups in total. The Kier molecular flexibility index (Phi) is 8.49. The second-order valence-corrected chi connectivity index (χ2v) is 8.35. The number of thioether (sulfide) groups is 1. The van der Waals surface area contributed by atoms with E-state index in [4.69, 9.17) is 23.2 Å². The van der Waals surface area contributed by atoms with Gasteiger partial charge in [-0.2, -0.15) is 0 Å². The van der Waals surface area contributed by atoms with Gasteiger partial charge < -0.3 is 15.2 Å². The molecule has 0 radical (unpaired) electrons. The number of carbonyl (C=O) groups excluding carboxylic acids is 2. The van der Waals surface area contributed by atoms with Crippen LogP contribution in [0.2, 0.25) is 10.0 Å². The average Bonchev–Trinajstić information content (AvgIpc) is 3.17. The first-order valence-electron chi connectivity index (χ1n) is 9.71. The summed E-state index contributed by atoms with van der Waals surface area (Å²) in [5.41, 5.74) is 0.543. The molecule has 0 aliphatic heterocycles. The van der Waals surface area contributed by atoms with Crippen LogP contribution in [0.3, 0.4) is 0 Å². The molecule has 1 aromatic heterocycles. The van der Waals surface area contributed by atoms with Crippen LogP contribution in [0.5, 0.6) is 0 Å². The Hall–Kier alpha value is -2.62. The number of nitrogens with one attached hydrogen (secondary N) is 2. The quantitative estimate of drug-likeness (QED) is 0.428. The molecule has 2 amide bonds. The van der Waals surface area contributed by atoms with E-state index in [0.29, 0.717) is 39.7 Å². The van der Waals surface area contributed by atoms with Crippen LogP contribution in [0, 0.1) is 5.82 Å². The number of aromatic nitrogens is 3. The van der Waals surface area contributed by atoms with Crippen molar-refractivity contribution >= 4 is 52.5 Å². The molecular formula is C21H20Cl2FN5O2S. The molecule has 0 aliphatic rings. The zero-order chi connectivity index (χ0) is 23.1. The smallest absolute Gasteiger partial charge is 0.254 e. The van der Waals surface area contributed by atoms with E-state index in [1.165, 1.54) is 30.0 Å². The number of rotatable bonds is 9. The van der Waals surface area contributed by atoms with Crippen molar-refractivity contribution < 1.29 is 14.0 Å². The van der Waals surface area contributed by atoms with Crippen LogP contribution in [0.4, 0.5) is 10.1 Å². The lowest BCUT2D eigenvalue weighted by Crippen LogP contribution is -2.27. The highest BCUT2D eigenvalue weighted by atomic mass is 35.5. The molecule has 0 atom stereocenters.